The van der Waals surface area contributed by atoms with Crippen LogP contribution < -0.4 is 4.31 Å². The molecule has 17 heteroatoms. The smallest absolute Gasteiger partial charge is 0.335 e. The Labute approximate surface area is 258 Å². The number of carboxylic acid groups (broad SMARTS) is 1. The van der Waals surface area contributed by atoms with Gasteiger partial charge >= 0.3 is 11.9 Å². The molecule has 1 fully saturated rings. The van der Waals surface area contributed by atoms with Crippen molar-refractivity contribution < 1.29 is 62.5 Å². The van der Waals surface area contributed by atoms with E-state index in [4.69, 9.17) is 14.6 Å². The third kappa shape index (κ3) is 9.00. The number of halogens is 1. The Balaban J connectivity index is 1.80. The highest BCUT2D eigenvalue weighted by Gasteiger charge is 2.48. The fourth-order valence-corrected chi connectivity index (χ4v) is 4.74. The van der Waals surface area contributed by atoms with Gasteiger partial charge < -0.3 is 40.1 Å². The van der Waals surface area contributed by atoms with Crippen molar-refractivity contribution in [3.8, 4) is 11.3 Å². The first kappa shape index (κ1) is 35.9. The predicted octanol–water partition coefficient (Wildman–Crippen LogP) is -0.247. The Bertz CT molecular complexity index is 1500. The molecule has 0 spiro atoms. The largest absolute Gasteiger partial charge is 0.479 e. The molecule has 1 aliphatic heterocycles. The monoisotopic (exact) mass is 657 g/mol. The quantitative estimate of drug-likeness (QED) is 0.162. The van der Waals surface area contributed by atoms with Crippen molar-refractivity contribution in [3.05, 3.63) is 47.4 Å². The molecule has 0 saturated carbocycles. The van der Waals surface area contributed by atoms with Gasteiger partial charge in [0.2, 0.25) is 22.3 Å². The van der Waals surface area contributed by atoms with Gasteiger partial charge in [0.05, 0.1) is 36.3 Å². The van der Waals surface area contributed by atoms with Crippen LogP contribution in [0.5, 0.6) is 0 Å². The van der Waals surface area contributed by atoms with E-state index in [1.165, 1.54) is 43.5 Å². The van der Waals surface area contributed by atoms with Crippen molar-refractivity contribution in [1.29, 1.82) is 0 Å². The van der Waals surface area contributed by atoms with Crippen molar-refractivity contribution in [2.45, 2.75) is 75.5 Å². The molecular formula is C28H36FN3O12S. The first-order valence-electron chi connectivity index (χ1n) is 13.7. The summed E-state index contributed by atoms with van der Waals surface area (Å²) in [5, 5.41) is 59.7. The minimum atomic E-state index is -3.74. The Morgan fingerprint density at radius 1 is 1.09 bits per heavy atom. The number of benzene rings is 1. The molecule has 2 heterocycles. The summed E-state index contributed by atoms with van der Waals surface area (Å²) >= 11 is 0. The fourth-order valence-electron chi connectivity index (χ4n) is 4.36. The zero-order valence-corrected chi connectivity index (χ0v) is 25.6. The number of aromatic nitrogens is 2. The van der Waals surface area contributed by atoms with Crippen LogP contribution in [0.15, 0.2) is 30.3 Å². The number of aliphatic carboxylic acids is 1. The summed E-state index contributed by atoms with van der Waals surface area (Å²) in [6.45, 7) is 3.60. The molecule has 6 N–H and O–H groups in total. The molecule has 1 aliphatic rings. The van der Waals surface area contributed by atoms with E-state index in [-0.39, 0.29) is 17.6 Å². The van der Waals surface area contributed by atoms with Crippen LogP contribution in [-0.4, -0.2) is 117 Å². The molecule has 248 valence electrons. The maximum atomic E-state index is 13.7. The number of carboxylic acids is 1. The average Bonchev–Trinajstić information content (AvgIpc) is 2.95. The standard InChI is InChI=1S/C28H36FN3O12S/c1-13(2)20-18(21(14-5-7-15(29)8-6-14)31-28(30-20)32(3)45(4,41)42)10-9-16(33)11-17(34)12-19(35)43-27-24(38)22(36)23(37)25(44-27)26(39)40/h5-10,13,16-17,22-25,27,33-34,36-38H,11-12H2,1-4H3,(H,39,40)/b10-9+/t16-,17-,22+,23+,24+,25-,27+/m1/s1. The molecule has 0 radical (unpaired) electrons. The summed E-state index contributed by atoms with van der Waals surface area (Å²) < 4.78 is 48.7. The average molecular weight is 658 g/mol. The number of rotatable bonds is 12. The number of aliphatic hydroxyl groups is 5. The van der Waals surface area contributed by atoms with Gasteiger partial charge in [-0.05, 0) is 30.2 Å². The maximum Gasteiger partial charge on any atom is 0.335 e. The van der Waals surface area contributed by atoms with Crippen LogP contribution in [-0.2, 0) is 29.1 Å². The summed E-state index contributed by atoms with van der Waals surface area (Å²) in [4.78, 5) is 32.4. The van der Waals surface area contributed by atoms with Crippen LogP contribution in [0.25, 0.3) is 17.3 Å². The molecule has 15 nitrogen and oxygen atoms in total. The molecule has 1 saturated heterocycles. The molecule has 7 atom stereocenters. The summed E-state index contributed by atoms with van der Waals surface area (Å²) in [7, 11) is -2.45. The van der Waals surface area contributed by atoms with Crippen molar-refractivity contribution >= 4 is 34.0 Å². The number of hydrogen-bond donors (Lipinski definition) is 6. The lowest BCUT2D eigenvalue weighted by Crippen LogP contribution is -2.60. The van der Waals surface area contributed by atoms with Crippen LogP contribution in [0.3, 0.4) is 0 Å². The van der Waals surface area contributed by atoms with Gasteiger partial charge in [0.15, 0.2) is 6.10 Å². The van der Waals surface area contributed by atoms with Gasteiger partial charge in [-0.15, -0.1) is 0 Å². The summed E-state index contributed by atoms with van der Waals surface area (Å²) in [5.74, 6) is -3.74. The number of nitrogens with zero attached hydrogens (tertiary/aromatic N) is 3. The van der Waals surface area contributed by atoms with Gasteiger partial charge in [0.1, 0.15) is 24.1 Å². The molecule has 0 amide bonds. The molecular weight excluding hydrogens is 621 g/mol. The third-order valence-electron chi connectivity index (χ3n) is 6.87. The first-order chi connectivity index (χ1) is 20.9. The predicted molar refractivity (Wildman–Crippen MR) is 155 cm³/mol. The second kappa shape index (κ2) is 14.7. The van der Waals surface area contributed by atoms with Crippen molar-refractivity contribution in [2.75, 3.05) is 17.6 Å². The first-order valence-corrected chi connectivity index (χ1v) is 15.5. The van der Waals surface area contributed by atoms with Crippen molar-refractivity contribution in [2.24, 2.45) is 0 Å². The highest BCUT2D eigenvalue weighted by Crippen LogP contribution is 2.32. The number of anilines is 1. The molecule has 2 aromatic rings. The van der Waals surface area contributed by atoms with Crippen molar-refractivity contribution in [3.63, 3.8) is 0 Å². The van der Waals surface area contributed by atoms with Gasteiger partial charge in [-0.25, -0.2) is 31.9 Å². The van der Waals surface area contributed by atoms with E-state index in [1.54, 1.807) is 13.8 Å². The minimum absolute atomic E-state index is 0.129. The zero-order valence-electron chi connectivity index (χ0n) is 24.8. The number of ether oxygens (including phenoxy) is 2. The Kier molecular flexibility index (Phi) is 11.7. The van der Waals surface area contributed by atoms with Crippen LogP contribution >= 0.6 is 0 Å². The number of sulfonamides is 1. The molecule has 45 heavy (non-hydrogen) atoms. The van der Waals surface area contributed by atoms with E-state index < -0.39 is 83.5 Å². The lowest BCUT2D eigenvalue weighted by atomic mass is 9.97. The number of aliphatic hydroxyl groups excluding tert-OH is 5. The number of hydrogen-bond acceptors (Lipinski definition) is 13. The molecule has 0 aliphatic carbocycles. The van der Waals surface area contributed by atoms with E-state index in [9.17, 15) is 47.9 Å². The van der Waals surface area contributed by atoms with Crippen LogP contribution in [0.2, 0.25) is 0 Å². The lowest BCUT2D eigenvalue weighted by molar-refractivity contribution is -0.286. The van der Waals surface area contributed by atoms with Gasteiger partial charge in [-0.2, -0.15) is 0 Å². The second-order valence-corrected chi connectivity index (χ2v) is 12.8. The minimum Gasteiger partial charge on any atom is -0.479 e. The summed E-state index contributed by atoms with van der Waals surface area (Å²) in [6.07, 6.45) is -10.1. The topological polar surface area (TPSA) is 237 Å². The highest BCUT2D eigenvalue weighted by molar-refractivity contribution is 7.92. The molecule has 1 aromatic heterocycles. The van der Waals surface area contributed by atoms with E-state index >= 15 is 0 Å². The molecule has 1 aromatic carbocycles. The van der Waals surface area contributed by atoms with Gasteiger partial charge in [-0.3, -0.25) is 4.79 Å². The molecule has 3 rings (SSSR count). The normalized spacial score (nSPS) is 23.6. The Morgan fingerprint density at radius 2 is 1.71 bits per heavy atom. The van der Waals surface area contributed by atoms with Crippen LogP contribution in [0, 0.1) is 5.82 Å². The molecule has 0 unspecified atom stereocenters. The van der Waals surface area contributed by atoms with Crippen LogP contribution in [0.1, 0.15) is 43.9 Å². The third-order valence-corrected chi connectivity index (χ3v) is 8.03. The maximum absolute atomic E-state index is 13.7. The summed E-state index contributed by atoms with van der Waals surface area (Å²) in [6, 6.07) is 5.29. The van der Waals surface area contributed by atoms with Crippen LogP contribution in [0.4, 0.5) is 10.3 Å². The van der Waals surface area contributed by atoms with Gasteiger partial charge in [-0.1, -0.05) is 26.0 Å². The number of esters is 1. The number of carbonyl (C=O) groups is 2. The second-order valence-electron chi connectivity index (χ2n) is 10.8. The lowest BCUT2D eigenvalue weighted by Gasteiger charge is -2.38. The highest BCUT2D eigenvalue weighted by atomic mass is 32.2. The van der Waals surface area contributed by atoms with E-state index in [0.717, 1.165) is 10.6 Å². The fraction of sp³-hybridized carbons (Fsp3) is 0.500. The van der Waals surface area contributed by atoms with E-state index in [2.05, 4.69) is 9.97 Å². The number of carbonyl (C=O) groups excluding carboxylic acids is 1. The Morgan fingerprint density at radius 3 is 2.27 bits per heavy atom. The van der Waals surface area contributed by atoms with Gasteiger partial charge in [0.25, 0.3) is 0 Å². The SMILES string of the molecule is CC(C)c1nc(N(C)S(C)(=O)=O)nc(-c2ccc(F)cc2)c1/C=C/[C@@H](O)C[C@@H](O)CC(=O)O[C@H]1O[C@@H](C(=O)O)[C@@H](O)[C@H](O)[C@@H]1O. The van der Waals surface area contributed by atoms with E-state index in [1.807, 2.05) is 0 Å². The van der Waals surface area contributed by atoms with Crippen molar-refractivity contribution in [1.82, 2.24) is 9.97 Å². The zero-order chi connectivity index (χ0) is 33.8. The van der Waals surface area contributed by atoms with E-state index in [0.29, 0.717) is 16.8 Å². The summed E-state index contributed by atoms with van der Waals surface area (Å²) in [5.41, 5.74) is 1.45. The Hall–Kier alpha value is -3.58. The molecule has 0 bridgehead atoms. The van der Waals surface area contributed by atoms with Gasteiger partial charge in [0, 0.05) is 24.6 Å².